The van der Waals surface area contributed by atoms with Gasteiger partial charge in [0.2, 0.25) is 0 Å². The average Bonchev–Trinajstić information content (AvgIpc) is 2.52. The van der Waals surface area contributed by atoms with Crippen LogP contribution in [0.15, 0.2) is 47.6 Å². The maximum absolute atomic E-state index is 12.0. The van der Waals surface area contributed by atoms with Crippen molar-refractivity contribution in [1.82, 2.24) is 5.43 Å². The molecular formula is C16H15ClN2O3. The largest absolute Gasteiger partial charge is 0.507 e. The summed E-state index contributed by atoms with van der Waals surface area (Å²) in [5.41, 5.74) is 3.98. The zero-order chi connectivity index (χ0) is 16.1. The van der Waals surface area contributed by atoms with E-state index >= 15 is 0 Å². The molecule has 0 aliphatic carbocycles. The second kappa shape index (κ2) is 6.95. The van der Waals surface area contributed by atoms with Gasteiger partial charge in [0, 0.05) is 11.1 Å². The van der Waals surface area contributed by atoms with Crippen LogP contribution >= 0.6 is 11.6 Å². The van der Waals surface area contributed by atoms with Crippen LogP contribution in [0, 0.1) is 0 Å². The number of hydrogen-bond donors (Lipinski definition) is 2. The summed E-state index contributed by atoms with van der Waals surface area (Å²) in [5.74, 6) is -0.209. The number of amides is 1. The second-order valence-electron chi connectivity index (χ2n) is 4.53. The van der Waals surface area contributed by atoms with Gasteiger partial charge in [-0.05, 0) is 36.8 Å². The van der Waals surface area contributed by atoms with Crippen LogP contribution in [0.4, 0.5) is 0 Å². The molecule has 0 unspecified atom stereocenters. The number of carbonyl (C=O) groups is 1. The van der Waals surface area contributed by atoms with E-state index in [0.717, 1.165) is 5.56 Å². The minimum atomic E-state index is -0.506. The van der Waals surface area contributed by atoms with Gasteiger partial charge in [0.1, 0.15) is 11.5 Å². The molecule has 2 N–H and O–H groups in total. The topological polar surface area (TPSA) is 70.9 Å². The highest BCUT2D eigenvalue weighted by molar-refractivity contribution is 6.30. The van der Waals surface area contributed by atoms with Crippen molar-refractivity contribution < 1.29 is 14.6 Å². The Hall–Kier alpha value is -2.53. The third-order valence-electron chi connectivity index (χ3n) is 3.04. The van der Waals surface area contributed by atoms with E-state index in [-0.39, 0.29) is 11.3 Å². The number of rotatable bonds is 4. The van der Waals surface area contributed by atoms with E-state index < -0.39 is 5.91 Å². The fourth-order valence-electron chi connectivity index (χ4n) is 1.78. The summed E-state index contributed by atoms with van der Waals surface area (Å²) in [6, 6.07) is 11.5. The first-order valence-corrected chi connectivity index (χ1v) is 6.86. The van der Waals surface area contributed by atoms with Crippen molar-refractivity contribution in [2.24, 2.45) is 5.10 Å². The predicted octanol–water partition coefficient (Wildman–Crippen LogP) is 3.21. The lowest BCUT2D eigenvalue weighted by Gasteiger charge is -2.06. The Kier molecular flexibility index (Phi) is 5.01. The number of halogens is 1. The highest BCUT2D eigenvalue weighted by atomic mass is 35.5. The Morgan fingerprint density at radius 1 is 1.23 bits per heavy atom. The van der Waals surface area contributed by atoms with E-state index in [1.165, 1.54) is 19.2 Å². The quantitative estimate of drug-likeness (QED) is 0.671. The molecule has 0 aliphatic rings. The molecule has 2 aromatic rings. The molecular weight excluding hydrogens is 304 g/mol. The first-order valence-electron chi connectivity index (χ1n) is 6.49. The van der Waals surface area contributed by atoms with Gasteiger partial charge in [0.15, 0.2) is 0 Å². The van der Waals surface area contributed by atoms with Crippen molar-refractivity contribution in [3.05, 3.63) is 58.6 Å². The molecule has 0 bridgehead atoms. The Morgan fingerprint density at radius 2 is 1.91 bits per heavy atom. The fourth-order valence-corrected chi connectivity index (χ4v) is 1.91. The number of aromatic hydroxyl groups is 1. The molecule has 2 aromatic carbocycles. The molecule has 114 valence electrons. The smallest absolute Gasteiger partial charge is 0.275 e. The average molecular weight is 319 g/mol. The predicted molar refractivity (Wildman–Crippen MR) is 85.8 cm³/mol. The van der Waals surface area contributed by atoms with Crippen LogP contribution in [-0.4, -0.2) is 23.8 Å². The summed E-state index contributed by atoms with van der Waals surface area (Å²) in [6.45, 7) is 1.76. The monoisotopic (exact) mass is 318 g/mol. The van der Waals surface area contributed by atoms with E-state index in [1.807, 2.05) is 0 Å². The summed E-state index contributed by atoms with van der Waals surface area (Å²) in [6.07, 6.45) is 0. The SMILES string of the molecule is COc1ccc(C(=O)N/N=C(/C)c2ccc(Cl)cc2)c(O)c1. The molecule has 0 aliphatic heterocycles. The first-order chi connectivity index (χ1) is 10.5. The minimum Gasteiger partial charge on any atom is -0.507 e. The van der Waals surface area contributed by atoms with Crippen molar-refractivity contribution in [2.45, 2.75) is 6.92 Å². The minimum absolute atomic E-state index is 0.119. The summed E-state index contributed by atoms with van der Waals surface area (Å²) in [7, 11) is 1.48. The van der Waals surface area contributed by atoms with Gasteiger partial charge in [-0.25, -0.2) is 5.43 Å². The number of nitrogens with zero attached hydrogens (tertiary/aromatic N) is 1. The molecule has 0 radical (unpaired) electrons. The Bertz CT molecular complexity index is 712. The van der Waals surface area contributed by atoms with Gasteiger partial charge in [-0.15, -0.1) is 0 Å². The van der Waals surface area contributed by atoms with Crippen LogP contribution in [0.2, 0.25) is 5.02 Å². The number of hydrazone groups is 1. The molecule has 6 heteroatoms. The number of nitrogens with one attached hydrogen (secondary N) is 1. The lowest BCUT2D eigenvalue weighted by Crippen LogP contribution is -2.19. The maximum Gasteiger partial charge on any atom is 0.275 e. The van der Waals surface area contributed by atoms with Crippen LogP contribution in [-0.2, 0) is 0 Å². The van der Waals surface area contributed by atoms with Gasteiger partial charge in [0.25, 0.3) is 5.91 Å². The molecule has 0 heterocycles. The molecule has 0 atom stereocenters. The van der Waals surface area contributed by atoms with E-state index in [1.54, 1.807) is 37.3 Å². The lowest BCUT2D eigenvalue weighted by atomic mass is 10.1. The third kappa shape index (κ3) is 3.77. The highest BCUT2D eigenvalue weighted by Crippen LogP contribution is 2.23. The number of hydrogen-bond acceptors (Lipinski definition) is 4. The summed E-state index contributed by atoms with van der Waals surface area (Å²) >= 11 is 5.82. The van der Waals surface area contributed by atoms with Gasteiger partial charge in [0.05, 0.1) is 18.4 Å². The standard InChI is InChI=1S/C16H15ClN2O3/c1-10(11-3-5-12(17)6-4-11)18-19-16(21)14-8-7-13(22-2)9-15(14)20/h3-9,20H,1-2H3,(H,19,21)/b18-10-. The van der Waals surface area contributed by atoms with Crippen LogP contribution in [0.1, 0.15) is 22.8 Å². The van der Waals surface area contributed by atoms with Crippen molar-refractivity contribution >= 4 is 23.2 Å². The first kappa shape index (κ1) is 15.9. The summed E-state index contributed by atoms with van der Waals surface area (Å²) in [4.78, 5) is 12.0. The Morgan fingerprint density at radius 3 is 2.50 bits per heavy atom. The van der Waals surface area contributed by atoms with Gasteiger partial charge >= 0.3 is 0 Å². The fraction of sp³-hybridized carbons (Fsp3) is 0.125. The van der Waals surface area contributed by atoms with Crippen molar-refractivity contribution in [3.63, 3.8) is 0 Å². The number of benzene rings is 2. The molecule has 5 nitrogen and oxygen atoms in total. The number of ether oxygens (including phenoxy) is 1. The van der Waals surface area contributed by atoms with Crippen LogP contribution in [0.3, 0.4) is 0 Å². The summed E-state index contributed by atoms with van der Waals surface area (Å²) < 4.78 is 4.97. The van der Waals surface area contributed by atoms with E-state index in [4.69, 9.17) is 16.3 Å². The van der Waals surface area contributed by atoms with E-state index in [9.17, 15) is 9.90 Å². The molecule has 0 saturated carbocycles. The molecule has 0 spiro atoms. The lowest BCUT2D eigenvalue weighted by molar-refractivity contribution is 0.0952. The number of phenols is 1. The molecule has 0 fully saturated rings. The van der Waals surface area contributed by atoms with Crippen molar-refractivity contribution in [1.29, 1.82) is 0 Å². The van der Waals surface area contributed by atoms with E-state index in [0.29, 0.717) is 16.5 Å². The molecule has 1 amide bonds. The molecule has 0 saturated heterocycles. The molecule has 2 rings (SSSR count). The van der Waals surface area contributed by atoms with Gasteiger partial charge in [-0.2, -0.15) is 5.10 Å². The Balaban J connectivity index is 2.11. The maximum atomic E-state index is 12.0. The van der Waals surface area contributed by atoms with Crippen molar-refractivity contribution in [3.8, 4) is 11.5 Å². The Labute approximate surface area is 133 Å². The van der Waals surface area contributed by atoms with Gasteiger partial charge in [-0.3, -0.25) is 4.79 Å². The van der Waals surface area contributed by atoms with Crippen LogP contribution < -0.4 is 10.2 Å². The number of carbonyl (C=O) groups excluding carboxylic acids is 1. The second-order valence-corrected chi connectivity index (χ2v) is 4.96. The zero-order valence-corrected chi connectivity index (χ0v) is 12.9. The highest BCUT2D eigenvalue weighted by Gasteiger charge is 2.11. The van der Waals surface area contributed by atoms with Gasteiger partial charge < -0.3 is 9.84 Å². The van der Waals surface area contributed by atoms with Crippen LogP contribution in [0.5, 0.6) is 11.5 Å². The molecule has 0 aromatic heterocycles. The van der Waals surface area contributed by atoms with Crippen LogP contribution in [0.25, 0.3) is 0 Å². The van der Waals surface area contributed by atoms with Crippen molar-refractivity contribution in [2.75, 3.05) is 7.11 Å². The molecule has 22 heavy (non-hydrogen) atoms. The summed E-state index contributed by atoms with van der Waals surface area (Å²) in [5, 5.41) is 14.4. The zero-order valence-electron chi connectivity index (χ0n) is 12.1. The number of methoxy groups -OCH3 is 1. The normalized spacial score (nSPS) is 11.1. The third-order valence-corrected chi connectivity index (χ3v) is 3.29. The van der Waals surface area contributed by atoms with Gasteiger partial charge in [-0.1, -0.05) is 23.7 Å². The van der Waals surface area contributed by atoms with E-state index in [2.05, 4.69) is 10.5 Å². The number of phenolic OH excluding ortho intramolecular Hbond substituents is 1.